The molecule has 0 spiro atoms. The minimum absolute atomic E-state index is 0. The number of nitrogens with one attached hydrogen (secondary N) is 1. The number of rotatable bonds is 7. The number of carboxylic acids is 1. The van der Waals surface area contributed by atoms with Crippen LogP contribution >= 0.6 is 34.9 Å². The summed E-state index contributed by atoms with van der Waals surface area (Å²) < 4.78 is 0. The van der Waals surface area contributed by atoms with E-state index in [4.69, 9.17) is 11.6 Å². The first kappa shape index (κ1) is 25.2. The average molecular weight is 521 g/mol. The fourth-order valence-corrected chi connectivity index (χ4v) is 5.86. The van der Waals surface area contributed by atoms with Gasteiger partial charge in [-0.15, -0.1) is 27.9 Å². The molecule has 0 radical (unpaired) electrons. The Balaban J connectivity index is 0.00000306. The minimum Gasteiger partial charge on any atom is -0.543 e. The molecule has 33 heavy (non-hydrogen) atoms. The SMILES string of the molecule is Nc1nc(/C(=N/O)C(=O)N[C@@H]2C(=O)N3C(C(=O)[O-])=C(CSc4nnnn4N)CS[C@H]23)cs1.[Na+]. The summed E-state index contributed by atoms with van der Waals surface area (Å²) in [5, 5.41) is 38.2. The third-order valence-electron chi connectivity index (χ3n) is 4.44. The maximum Gasteiger partial charge on any atom is 1.00 e. The number of aliphatic carboxylic acids is 1. The van der Waals surface area contributed by atoms with Gasteiger partial charge in [0.2, 0.25) is 5.16 Å². The van der Waals surface area contributed by atoms with Crippen molar-refractivity contribution in [2.24, 2.45) is 5.16 Å². The van der Waals surface area contributed by atoms with Crippen molar-refractivity contribution in [1.29, 1.82) is 0 Å². The van der Waals surface area contributed by atoms with Gasteiger partial charge < -0.3 is 32.0 Å². The van der Waals surface area contributed by atoms with Crippen molar-refractivity contribution < 1.29 is 54.3 Å². The van der Waals surface area contributed by atoms with E-state index in [2.05, 4.69) is 31.0 Å². The Morgan fingerprint density at radius 2 is 2.21 bits per heavy atom. The monoisotopic (exact) mass is 520 g/mol. The zero-order valence-electron chi connectivity index (χ0n) is 16.7. The van der Waals surface area contributed by atoms with E-state index in [1.165, 1.54) is 17.1 Å². The van der Waals surface area contributed by atoms with E-state index in [-0.39, 0.29) is 62.7 Å². The number of tetrazole rings is 1. The molecular formula is C14H13N10NaO5S3. The van der Waals surface area contributed by atoms with Crippen LogP contribution in [0.2, 0.25) is 0 Å². The number of anilines is 1. The number of fused-ring (bicyclic) bond motifs is 1. The summed E-state index contributed by atoms with van der Waals surface area (Å²) in [5.74, 6) is 2.94. The van der Waals surface area contributed by atoms with E-state index in [1.54, 1.807) is 0 Å². The zero-order chi connectivity index (χ0) is 23.0. The summed E-state index contributed by atoms with van der Waals surface area (Å²) in [6, 6.07) is -1.03. The number of thioether (sulfide) groups is 2. The second-order valence-corrected chi connectivity index (χ2v) is 9.25. The van der Waals surface area contributed by atoms with Crippen LogP contribution in [-0.2, 0) is 14.4 Å². The van der Waals surface area contributed by atoms with Gasteiger partial charge in [-0.25, -0.2) is 4.98 Å². The third-order valence-corrected chi connectivity index (χ3v) is 7.48. The maximum absolute atomic E-state index is 12.7. The van der Waals surface area contributed by atoms with E-state index in [0.29, 0.717) is 5.57 Å². The summed E-state index contributed by atoms with van der Waals surface area (Å²) in [6.07, 6.45) is 0. The van der Waals surface area contributed by atoms with Crippen molar-refractivity contribution in [2.45, 2.75) is 16.6 Å². The molecule has 15 nitrogen and oxygen atoms in total. The quantitative estimate of drug-likeness (QED) is 0.0507. The first-order valence-corrected chi connectivity index (χ1v) is 11.5. The van der Waals surface area contributed by atoms with Crippen molar-refractivity contribution in [3.05, 3.63) is 22.3 Å². The number of aromatic nitrogens is 5. The summed E-state index contributed by atoms with van der Waals surface area (Å²) in [7, 11) is 0. The summed E-state index contributed by atoms with van der Waals surface area (Å²) in [4.78, 5) is 42.9. The Labute approximate surface area is 219 Å². The van der Waals surface area contributed by atoms with E-state index in [9.17, 15) is 24.7 Å². The van der Waals surface area contributed by atoms with Crippen molar-refractivity contribution in [2.75, 3.05) is 23.1 Å². The summed E-state index contributed by atoms with van der Waals surface area (Å²) in [5.41, 5.74) is 5.31. The fourth-order valence-electron chi connectivity index (χ4n) is 3.03. The van der Waals surface area contributed by atoms with Crippen LogP contribution in [0.25, 0.3) is 0 Å². The van der Waals surface area contributed by atoms with Crippen LogP contribution in [0.1, 0.15) is 5.69 Å². The molecule has 2 aliphatic rings. The van der Waals surface area contributed by atoms with Gasteiger partial charge in [-0.3, -0.25) is 14.5 Å². The normalized spacial score (nSPS) is 20.1. The van der Waals surface area contributed by atoms with Crippen molar-refractivity contribution in [3.8, 4) is 0 Å². The standard InChI is InChI=1S/C14H14N10O5S3.Na/c15-13-17-5(3-31-13)6(20-29)9(25)18-7-10(26)23-8(12(27)28)4(1-30-11(7)23)2-32-14-19-21-22-24(14)16;/h3,7,11,29H,1-2,16H2,(H2,15,17)(H,18,25)(H,27,28);/q;+1/p-1/b20-6-;/t7-,11-;/m1./s1. The molecule has 2 aliphatic heterocycles. The van der Waals surface area contributed by atoms with Gasteiger partial charge in [-0.05, 0) is 16.0 Å². The molecule has 0 aliphatic carbocycles. The Morgan fingerprint density at radius 1 is 1.45 bits per heavy atom. The second kappa shape index (κ2) is 10.3. The molecule has 2 amide bonds. The number of oxime groups is 1. The molecule has 1 saturated heterocycles. The topological polar surface area (TPSA) is 231 Å². The third kappa shape index (κ3) is 4.80. The Bertz CT molecular complexity index is 1170. The predicted octanol–water partition coefficient (Wildman–Crippen LogP) is -6.20. The van der Waals surface area contributed by atoms with Gasteiger partial charge in [-0.2, -0.15) is 0 Å². The van der Waals surface area contributed by atoms with Gasteiger partial charge in [0.1, 0.15) is 17.1 Å². The number of nitrogens with two attached hydrogens (primary N) is 2. The number of thiazole rings is 1. The molecule has 2 aromatic heterocycles. The number of hydrogen-bond donors (Lipinski definition) is 4. The summed E-state index contributed by atoms with van der Waals surface area (Å²) >= 11 is 3.40. The van der Waals surface area contributed by atoms with Crippen LogP contribution in [0, 0.1) is 0 Å². The summed E-state index contributed by atoms with van der Waals surface area (Å²) in [6.45, 7) is 0. The van der Waals surface area contributed by atoms with Gasteiger partial charge in [-0.1, -0.05) is 22.0 Å². The van der Waals surface area contributed by atoms with Gasteiger partial charge in [0.15, 0.2) is 10.8 Å². The van der Waals surface area contributed by atoms with E-state index >= 15 is 0 Å². The van der Waals surface area contributed by atoms with Crippen LogP contribution in [-0.4, -0.2) is 81.8 Å². The van der Waals surface area contributed by atoms with Crippen LogP contribution in [0.3, 0.4) is 0 Å². The van der Waals surface area contributed by atoms with Crippen LogP contribution < -0.4 is 51.6 Å². The van der Waals surface area contributed by atoms with Crippen LogP contribution in [0.4, 0.5) is 5.13 Å². The first-order valence-electron chi connectivity index (χ1n) is 8.60. The fraction of sp³-hybridized carbons (Fsp3) is 0.286. The number of carbonyl (C=O) groups excluding carboxylic acids is 3. The number of amides is 2. The number of hydrogen-bond acceptors (Lipinski definition) is 15. The molecule has 168 valence electrons. The average Bonchev–Trinajstić information content (AvgIpc) is 3.37. The van der Waals surface area contributed by atoms with Crippen LogP contribution in [0.15, 0.2) is 27.0 Å². The number of β-lactam (4-membered cyclic amide) rings is 1. The molecule has 0 unspecified atom stereocenters. The zero-order valence-corrected chi connectivity index (χ0v) is 21.2. The first-order chi connectivity index (χ1) is 15.3. The Kier molecular flexibility index (Phi) is 7.85. The number of nitrogen functional groups attached to an aromatic ring is 2. The van der Waals surface area contributed by atoms with Gasteiger partial charge in [0.25, 0.3) is 11.8 Å². The number of carbonyl (C=O) groups is 3. The molecule has 0 aromatic carbocycles. The Morgan fingerprint density at radius 3 is 2.79 bits per heavy atom. The van der Waals surface area contributed by atoms with Crippen molar-refractivity contribution in [1.82, 2.24) is 35.5 Å². The van der Waals surface area contributed by atoms with Gasteiger partial charge in [0, 0.05) is 16.9 Å². The molecule has 19 heteroatoms. The molecule has 4 heterocycles. The Hall–Kier alpha value is -2.38. The predicted molar refractivity (Wildman–Crippen MR) is 111 cm³/mol. The molecule has 4 rings (SSSR count). The minimum atomic E-state index is -1.52. The van der Waals surface area contributed by atoms with Crippen molar-refractivity contribution in [3.63, 3.8) is 0 Å². The number of nitrogens with zero attached hydrogens (tertiary/aromatic N) is 7. The molecule has 0 bridgehead atoms. The molecule has 1 fully saturated rings. The smallest absolute Gasteiger partial charge is 0.543 e. The van der Waals surface area contributed by atoms with Gasteiger partial charge in [0.05, 0.1) is 11.7 Å². The molecule has 2 aromatic rings. The molecule has 6 N–H and O–H groups in total. The van der Waals surface area contributed by atoms with E-state index in [0.717, 1.165) is 32.8 Å². The second-order valence-electron chi connectivity index (χ2n) is 6.31. The van der Waals surface area contributed by atoms with E-state index in [1.807, 2.05) is 0 Å². The van der Waals surface area contributed by atoms with Crippen LogP contribution in [0.5, 0.6) is 0 Å². The molecule has 0 saturated carbocycles. The molecule has 2 atom stereocenters. The number of carboxylic acid groups (broad SMARTS) is 1. The van der Waals surface area contributed by atoms with Gasteiger partial charge >= 0.3 is 29.6 Å². The largest absolute Gasteiger partial charge is 1.00 e. The molecular weight excluding hydrogens is 507 g/mol. The van der Waals surface area contributed by atoms with E-state index < -0.39 is 34.9 Å². The maximum atomic E-state index is 12.7. The van der Waals surface area contributed by atoms with Crippen molar-refractivity contribution >= 4 is 63.5 Å².